The van der Waals surface area contributed by atoms with E-state index in [9.17, 15) is 15.3 Å². The zero-order chi connectivity index (χ0) is 16.6. The van der Waals surface area contributed by atoms with Gasteiger partial charge in [0.05, 0.1) is 18.5 Å². The fraction of sp³-hybridized carbons (Fsp3) is 0.429. The highest BCUT2D eigenvalue weighted by atomic mass is 79.9. The highest BCUT2D eigenvalue weighted by Gasteiger charge is 2.55. The molecule has 2 heterocycles. The van der Waals surface area contributed by atoms with Crippen LogP contribution in [-0.2, 0) is 9.03 Å². The smallest absolute Gasteiger partial charge is 0.192 e. The van der Waals surface area contributed by atoms with Crippen molar-refractivity contribution in [2.24, 2.45) is 0 Å². The van der Waals surface area contributed by atoms with Crippen LogP contribution in [0.2, 0.25) is 0 Å². The van der Waals surface area contributed by atoms with Crippen LogP contribution in [0.5, 0.6) is 5.88 Å². The molecular formula is C14H15BrClNO6. The summed E-state index contributed by atoms with van der Waals surface area (Å²) in [6.07, 6.45) is -5.18. The molecule has 0 bridgehead atoms. The number of alkyl halides is 1. The van der Waals surface area contributed by atoms with Crippen molar-refractivity contribution in [3.05, 3.63) is 30.3 Å². The second-order valence-corrected chi connectivity index (χ2v) is 6.78. The Morgan fingerprint density at radius 2 is 2.09 bits per heavy atom. The van der Waals surface area contributed by atoms with Crippen LogP contribution in [-0.4, -0.2) is 56.0 Å². The maximum Gasteiger partial charge on any atom is 0.192 e. The number of para-hydroxylation sites is 1. The Balaban J connectivity index is 1.91. The lowest BCUT2D eigenvalue weighted by Gasteiger charge is -2.45. The summed E-state index contributed by atoms with van der Waals surface area (Å²) in [5.74, 6) is 0.357. The lowest BCUT2D eigenvalue weighted by molar-refractivity contribution is -0.287. The Labute approximate surface area is 145 Å². The second-order valence-electron chi connectivity index (χ2n) is 5.26. The number of aliphatic hydroxyl groups excluding tert-OH is 3. The van der Waals surface area contributed by atoms with E-state index in [4.69, 9.17) is 25.6 Å². The van der Waals surface area contributed by atoms with Gasteiger partial charge in [-0.25, -0.2) is 0 Å². The molecule has 3 rings (SSSR count). The maximum atomic E-state index is 10.1. The zero-order valence-corrected chi connectivity index (χ0v) is 14.1. The van der Waals surface area contributed by atoms with E-state index in [2.05, 4.69) is 20.9 Å². The van der Waals surface area contributed by atoms with Gasteiger partial charge in [0, 0.05) is 17.0 Å². The number of aromatic nitrogens is 1. The van der Waals surface area contributed by atoms with Crippen LogP contribution in [0.3, 0.4) is 0 Å². The molecule has 1 saturated heterocycles. The summed E-state index contributed by atoms with van der Waals surface area (Å²) in [6.45, 7) is -0.555. The summed E-state index contributed by atoms with van der Waals surface area (Å²) in [6, 6.07) is 9.26. The van der Waals surface area contributed by atoms with Crippen molar-refractivity contribution in [1.82, 2.24) is 4.98 Å². The Morgan fingerprint density at radius 3 is 2.74 bits per heavy atom. The van der Waals surface area contributed by atoms with Crippen molar-refractivity contribution in [3.8, 4) is 5.88 Å². The van der Waals surface area contributed by atoms with Crippen LogP contribution in [0.25, 0.3) is 10.9 Å². The van der Waals surface area contributed by atoms with Crippen LogP contribution in [0.1, 0.15) is 0 Å². The molecule has 0 saturated carbocycles. The van der Waals surface area contributed by atoms with E-state index in [-0.39, 0.29) is 0 Å². The standard InChI is InChI=1S/C14H15BrClNO6/c15-14(6-18)12(23-16)11(10(19)13(20)22-14)21-9-5-7-3-1-2-4-8(7)17-9/h1-5,10-13,17-20H,6H2/t10-,11+,12-,13-,14+/m0/s1. The van der Waals surface area contributed by atoms with Gasteiger partial charge in [-0.2, -0.15) is 0 Å². The van der Waals surface area contributed by atoms with Crippen molar-refractivity contribution >= 4 is 38.7 Å². The number of rotatable bonds is 4. The number of H-pyrrole nitrogens is 1. The Morgan fingerprint density at radius 1 is 1.35 bits per heavy atom. The largest absolute Gasteiger partial charge is 0.470 e. The van der Waals surface area contributed by atoms with Crippen LogP contribution in [0.4, 0.5) is 0 Å². The average Bonchev–Trinajstić information content (AvgIpc) is 2.95. The fourth-order valence-corrected chi connectivity index (χ4v) is 3.46. The molecule has 4 N–H and O–H groups in total. The summed E-state index contributed by atoms with van der Waals surface area (Å²) in [4.78, 5) is 3.04. The summed E-state index contributed by atoms with van der Waals surface area (Å²) >= 11 is 8.63. The van der Waals surface area contributed by atoms with E-state index >= 15 is 0 Å². The van der Waals surface area contributed by atoms with E-state index < -0.39 is 35.7 Å². The molecule has 1 aliphatic rings. The molecule has 1 aromatic carbocycles. The minimum Gasteiger partial charge on any atom is -0.470 e. The number of aromatic amines is 1. The number of hydrogen-bond acceptors (Lipinski definition) is 6. The van der Waals surface area contributed by atoms with Crippen molar-refractivity contribution in [2.45, 2.75) is 29.1 Å². The van der Waals surface area contributed by atoms with Gasteiger partial charge >= 0.3 is 0 Å². The van der Waals surface area contributed by atoms with E-state index in [0.717, 1.165) is 10.9 Å². The van der Waals surface area contributed by atoms with Crippen molar-refractivity contribution in [1.29, 1.82) is 0 Å². The van der Waals surface area contributed by atoms with E-state index in [0.29, 0.717) is 5.88 Å². The SMILES string of the molecule is OC[C@@]1(Br)O[C@H](O)[C@@H](O)[C@@H](Oc2cc3ccccc3[nH]2)[C@@H]1OCl. The molecule has 7 nitrogen and oxygen atoms in total. The fourth-order valence-electron chi connectivity index (χ4n) is 2.56. The molecule has 0 unspecified atom stereocenters. The highest BCUT2D eigenvalue weighted by molar-refractivity contribution is 9.10. The van der Waals surface area contributed by atoms with Crippen LogP contribution in [0.15, 0.2) is 30.3 Å². The molecule has 9 heteroatoms. The number of fused-ring (bicyclic) bond motifs is 1. The van der Waals surface area contributed by atoms with Gasteiger partial charge in [-0.05, 0) is 22.0 Å². The highest BCUT2D eigenvalue weighted by Crippen LogP contribution is 2.38. The molecule has 1 aromatic heterocycles. The molecule has 0 spiro atoms. The maximum absolute atomic E-state index is 10.1. The summed E-state index contributed by atoms with van der Waals surface area (Å²) < 4.78 is 14.2. The summed E-state index contributed by atoms with van der Waals surface area (Å²) in [7, 11) is 0. The van der Waals surface area contributed by atoms with E-state index in [1.807, 2.05) is 24.3 Å². The lowest BCUT2D eigenvalue weighted by Crippen LogP contribution is -2.65. The predicted octanol–water partition coefficient (Wildman–Crippen LogP) is 1.25. The Hall–Kier alpha value is -0.870. The number of benzene rings is 1. The van der Waals surface area contributed by atoms with Crippen LogP contribution < -0.4 is 4.74 Å². The molecule has 5 atom stereocenters. The number of hydrogen-bond donors (Lipinski definition) is 4. The van der Waals surface area contributed by atoms with Gasteiger partial charge in [0.15, 0.2) is 28.9 Å². The molecule has 0 radical (unpaired) electrons. The van der Waals surface area contributed by atoms with Gasteiger partial charge in [-0.15, -0.1) is 0 Å². The molecule has 1 aliphatic heterocycles. The topological polar surface area (TPSA) is 104 Å². The molecule has 23 heavy (non-hydrogen) atoms. The molecule has 0 aliphatic carbocycles. The first-order valence-corrected chi connectivity index (χ1v) is 7.94. The number of ether oxygens (including phenoxy) is 2. The van der Waals surface area contributed by atoms with E-state index in [1.54, 1.807) is 6.07 Å². The Bertz CT molecular complexity index is 651. The third-order valence-electron chi connectivity index (χ3n) is 3.75. The third kappa shape index (κ3) is 3.08. The molecule has 2 aromatic rings. The zero-order valence-electron chi connectivity index (χ0n) is 11.7. The molecule has 0 amide bonds. The number of nitrogens with one attached hydrogen (secondary N) is 1. The van der Waals surface area contributed by atoms with Gasteiger partial charge < -0.3 is 29.8 Å². The first-order chi connectivity index (χ1) is 11.0. The normalized spacial score (nSPS) is 34.7. The van der Waals surface area contributed by atoms with Gasteiger partial charge in [0.25, 0.3) is 0 Å². The molecule has 1 fully saturated rings. The van der Waals surface area contributed by atoms with Gasteiger partial charge in [-0.1, -0.05) is 18.2 Å². The predicted molar refractivity (Wildman–Crippen MR) is 85.3 cm³/mol. The Kier molecular flexibility index (Phi) is 4.84. The minimum atomic E-state index is -1.58. The van der Waals surface area contributed by atoms with Gasteiger partial charge in [0.1, 0.15) is 6.10 Å². The van der Waals surface area contributed by atoms with Crippen molar-refractivity contribution < 1.29 is 29.1 Å². The molecule has 126 valence electrons. The lowest BCUT2D eigenvalue weighted by atomic mass is 9.99. The summed E-state index contributed by atoms with van der Waals surface area (Å²) in [5.41, 5.74) is 0.847. The van der Waals surface area contributed by atoms with Gasteiger partial charge in [0.2, 0.25) is 0 Å². The van der Waals surface area contributed by atoms with Crippen LogP contribution >= 0.6 is 27.8 Å². The average molecular weight is 409 g/mol. The number of aliphatic hydroxyl groups is 3. The first kappa shape index (κ1) is 17.0. The van der Waals surface area contributed by atoms with Crippen molar-refractivity contribution in [2.75, 3.05) is 6.61 Å². The quantitative estimate of drug-likeness (QED) is 0.568. The minimum absolute atomic E-state index is 0.357. The van der Waals surface area contributed by atoms with E-state index in [1.165, 1.54) is 0 Å². The molecular weight excluding hydrogens is 394 g/mol. The number of halogens is 2. The first-order valence-electron chi connectivity index (χ1n) is 6.84. The summed E-state index contributed by atoms with van der Waals surface area (Å²) in [5, 5.41) is 30.4. The third-order valence-corrected chi connectivity index (χ3v) is 4.83. The van der Waals surface area contributed by atoms with Crippen LogP contribution in [0, 0.1) is 0 Å². The monoisotopic (exact) mass is 407 g/mol. The second kappa shape index (κ2) is 6.56. The van der Waals surface area contributed by atoms with Crippen molar-refractivity contribution in [3.63, 3.8) is 0 Å². The van der Waals surface area contributed by atoms with Gasteiger partial charge in [-0.3, -0.25) is 4.29 Å².